The number of anilines is 1. The molecule has 0 saturated carbocycles. The van der Waals surface area contributed by atoms with Gasteiger partial charge in [0, 0.05) is 37.9 Å². The molecule has 170 valence electrons. The van der Waals surface area contributed by atoms with Crippen molar-refractivity contribution in [3.05, 3.63) is 53.7 Å². The highest BCUT2D eigenvalue weighted by Crippen LogP contribution is 2.19. The van der Waals surface area contributed by atoms with E-state index in [-0.39, 0.29) is 36.2 Å². The van der Waals surface area contributed by atoms with E-state index >= 15 is 0 Å². The second-order valence-electron chi connectivity index (χ2n) is 7.55. The van der Waals surface area contributed by atoms with Crippen molar-refractivity contribution >= 4 is 35.8 Å². The number of nitrogens with one attached hydrogen (secondary N) is 2. The van der Waals surface area contributed by atoms with Crippen molar-refractivity contribution in [1.29, 1.82) is 0 Å². The zero-order valence-corrected chi connectivity index (χ0v) is 21.1. The van der Waals surface area contributed by atoms with Crippen molar-refractivity contribution in [2.75, 3.05) is 31.6 Å². The highest BCUT2D eigenvalue weighted by Gasteiger charge is 2.22. The van der Waals surface area contributed by atoms with E-state index in [1.165, 1.54) is 0 Å². The van der Waals surface area contributed by atoms with Gasteiger partial charge in [0.1, 0.15) is 11.6 Å². The van der Waals surface area contributed by atoms with Gasteiger partial charge in [0.05, 0.1) is 25.9 Å². The molecule has 1 aliphatic rings. The van der Waals surface area contributed by atoms with Gasteiger partial charge >= 0.3 is 0 Å². The Morgan fingerprint density at radius 3 is 2.55 bits per heavy atom. The van der Waals surface area contributed by atoms with E-state index in [0.717, 1.165) is 48.3 Å². The number of aromatic nitrogens is 1. The van der Waals surface area contributed by atoms with Crippen LogP contribution in [0.5, 0.6) is 5.75 Å². The minimum Gasteiger partial charge on any atom is -0.496 e. The number of benzene rings is 1. The molecule has 2 N–H and O–H groups in total. The van der Waals surface area contributed by atoms with Gasteiger partial charge in [0.2, 0.25) is 0 Å². The smallest absolute Gasteiger partial charge is 0.191 e. The van der Waals surface area contributed by atoms with Gasteiger partial charge in [-0.2, -0.15) is 0 Å². The van der Waals surface area contributed by atoms with Crippen LogP contribution in [0, 0.1) is 0 Å². The van der Waals surface area contributed by atoms with Crippen LogP contribution in [0.3, 0.4) is 0 Å². The summed E-state index contributed by atoms with van der Waals surface area (Å²) in [5.74, 6) is 2.63. The Hall–Kier alpha value is -2.07. The maximum atomic E-state index is 5.81. The molecule has 2 atom stereocenters. The highest BCUT2D eigenvalue weighted by molar-refractivity contribution is 14.0. The predicted molar refractivity (Wildman–Crippen MR) is 137 cm³/mol. The van der Waals surface area contributed by atoms with Crippen molar-refractivity contribution < 1.29 is 9.47 Å². The van der Waals surface area contributed by atoms with Crippen LogP contribution < -0.4 is 20.3 Å². The molecule has 0 radical (unpaired) electrons. The fraction of sp³-hybridized carbons (Fsp3) is 0.478. The van der Waals surface area contributed by atoms with Crippen molar-refractivity contribution in [3.63, 3.8) is 0 Å². The highest BCUT2D eigenvalue weighted by atomic mass is 127. The summed E-state index contributed by atoms with van der Waals surface area (Å²) < 4.78 is 11.2. The number of aliphatic imine (C=N–C) groups is 1. The van der Waals surface area contributed by atoms with Crippen LogP contribution in [-0.4, -0.2) is 49.9 Å². The number of pyridine rings is 1. The number of rotatable bonds is 7. The molecule has 2 heterocycles. The van der Waals surface area contributed by atoms with Gasteiger partial charge in [-0.15, -0.1) is 24.0 Å². The fourth-order valence-corrected chi connectivity index (χ4v) is 3.60. The normalized spacial score (nSPS) is 18.8. The molecule has 0 aliphatic carbocycles. The summed E-state index contributed by atoms with van der Waals surface area (Å²) in [6.07, 6.45) is 2.35. The lowest BCUT2D eigenvalue weighted by molar-refractivity contribution is -0.00545. The number of hydrogen-bond donors (Lipinski definition) is 2. The number of guanidine groups is 1. The van der Waals surface area contributed by atoms with Gasteiger partial charge < -0.3 is 25.0 Å². The second-order valence-corrected chi connectivity index (χ2v) is 7.55. The van der Waals surface area contributed by atoms with E-state index in [0.29, 0.717) is 13.1 Å². The molecule has 2 unspecified atom stereocenters. The molecule has 0 bridgehead atoms. The van der Waals surface area contributed by atoms with Crippen LogP contribution >= 0.6 is 24.0 Å². The van der Waals surface area contributed by atoms with Gasteiger partial charge in [0.25, 0.3) is 0 Å². The van der Waals surface area contributed by atoms with Crippen molar-refractivity contribution in [2.24, 2.45) is 4.99 Å². The molecule has 3 rings (SSSR count). The third-order valence-corrected chi connectivity index (χ3v) is 4.96. The summed E-state index contributed by atoms with van der Waals surface area (Å²) in [6.45, 7) is 9.99. The third kappa shape index (κ3) is 7.53. The van der Waals surface area contributed by atoms with E-state index in [4.69, 9.17) is 14.5 Å². The first kappa shape index (κ1) is 25.2. The molecule has 0 amide bonds. The van der Waals surface area contributed by atoms with Crippen molar-refractivity contribution in [1.82, 2.24) is 15.6 Å². The molecule has 2 aromatic rings. The number of halogens is 1. The lowest BCUT2D eigenvalue weighted by Crippen LogP contribution is -2.45. The summed E-state index contributed by atoms with van der Waals surface area (Å²) in [5, 5.41) is 6.66. The largest absolute Gasteiger partial charge is 0.496 e. The molecule has 1 aliphatic heterocycles. The summed E-state index contributed by atoms with van der Waals surface area (Å²) in [5.41, 5.74) is 2.16. The standard InChI is InChI=1S/C23H33N5O2.HI/c1-5-24-23(27-14-20-8-6-7-9-21(20)29-4)26-13-19-10-11-22(25-12-19)28-15-17(2)30-18(3)16-28;/h6-12,17-18H,5,13-16H2,1-4H3,(H2,24,26,27);1H. The number of morpholine rings is 1. The number of para-hydroxylation sites is 1. The van der Waals surface area contributed by atoms with E-state index in [2.05, 4.69) is 53.4 Å². The first-order valence-corrected chi connectivity index (χ1v) is 10.6. The maximum absolute atomic E-state index is 5.81. The summed E-state index contributed by atoms with van der Waals surface area (Å²) in [6, 6.07) is 12.2. The molecule has 31 heavy (non-hydrogen) atoms. The minimum absolute atomic E-state index is 0. The topological polar surface area (TPSA) is 71.0 Å². The molecular weight excluding hydrogens is 505 g/mol. The second kappa shape index (κ2) is 12.7. The first-order valence-electron chi connectivity index (χ1n) is 10.6. The van der Waals surface area contributed by atoms with E-state index in [1.54, 1.807) is 7.11 Å². The molecule has 7 nitrogen and oxygen atoms in total. The van der Waals surface area contributed by atoms with Gasteiger partial charge in [-0.25, -0.2) is 9.98 Å². The zero-order valence-electron chi connectivity index (χ0n) is 18.8. The average molecular weight is 539 g/mol. The Labute approximate surface area is 202 Å². The predicted octanol–water partition coefficient (Wildman–Crippen LogP) is 3.58. The number of methoxy groups -OCH3 is 1. The molecule has 1 aromatic heterocycles. The van der Waals surface area contributed by atoms with Gasteiger partial charge in [-0.05, 0) is 38.5 Å². The SMILES string of the molecule is CCNC(=NCc1ccc(N2CC(C)OC(C)C2)nc1)NCc1ccccc1OC.I. The van der Waals surface area contributed by atoms with Crippen molar-refractivity contribution in [2.45, 2.75) is 46.1 Å². The Morgan fingerprint density at radius 2 is 1.90 bits per heavy atom. The number of hydrogen-bond acceptors (Lipinski definition) is 5. The minimum atomic E-state index is 0. The fourth-order valence-electron chi connectivity index (χ4n) is 3.60. The summed E-state index contributed by atoms with van der Waals surface area (Å²) >= 11 is 0. The quantitative estimate of drug-likeness (QED) is 0.319. The van der Waals surface area contributed by atoms with Crippen LogP contribution in [0.25, 0.3) is 0 Å². The molecule has 0 spiro atoms. The van der Waals surface area contributed by atoms with Crippen LogP contribution in [0.1, 0.15) is 31.9 Å². The lowest BCUT2D eigenvalue weighted by Gasteiger charge is -2.36. The van der Waals surface area contributed by atoms with Crippen LogP contribution in [0.4, 0.5) is 5.82 Å². The molecular formula is C23H34IN5O2. The number of nitrogens with zero attached hydrogens (tertiary/aromatic N) is 3. The Kier molecular flexibility index (Phi) is 10.3. The van der Waals surface area contributed by atoms with Gasteiger partial charge in [0.15, 0.2) is 5.96 Å². The molecule has 8 heteroatoms. The van der Waals surface area contributed by atoms with E-state index in [9.17, 15) is 0 Å². The first-order chi connectivity index (χ1) is 14.6. The monoisotopic (exact) mass is 539 g/mol. The van der Waals surface area contributed by atoms with Crippen LogP contribution in [0.15, 0.2) is 47.6 Å². The Balaban J connectivity index is 0.00000341. The van der Waals surface area contributed by atoms with Crippen LogP contribution in [-0.2, 0) is 17.8 Å². The maximum Gasteiger partial charge on any atom is 0.191 e. The van der Waals surface area contributed by atoms with E-state index in [1.807, 2.05) is 30.5 Å². The van der Waals surface area contributed by atoms with Crippen molar-refractivity contribution in [3.8, 4) is 5.75 Å². The Morgan fingerprint density at radius 1 is 1.16 bits per heavy atom. The summed E-state index contributed by atoms with van der Waals surface area (Å²) in [7, 11) is 1.69. The lowest BCUT2D eigenvalue weighted by atomic mass is 10.2. The summed E-state index contributed by atoms with van der Waals surface area (Å²) in [4.78, 5) is 11.6. The van der Waals surface area contributed by atoms with Crippen LogP contribution in [0.2, 0.25) is 0 Å². The average Bonchev–Trinajstić information content (AvgIpc) is 2.75. The molecule has 1 aromatic carbocycles. The Bertz CT molecular complexity index is 821. The van der Waals surface area contributed by atoms with Gasteiger partial charge in [-0.1, -0.05) is 24.3 Å². The molecule has 1 fully saturated rings. The number of ether oxygens (including phenoxy) is 2. The third-order valence-electron chi connectivity index (χ3n) is 4.96. The van der Waals surface area contributed by atoms with E-state index < -0.39 is 0 Å². The zero-order chi connectivity index (χ0) is 21.3. The van der Waals surface area contributed by atoms with Gasteiger partial charge in [-0.3, -0.25) is 0 Å². The molecule has 1 saturated heterocycles.